The largest absolute Gasteiger partial charge is 0.467 e. The number of nitrogens with one attached hydrogen (secondary N) is 1. The summed E-state index contributed by atoms with van der Waals surface area (Å²) in [6, 6.07) is 2.23. The molecule has 0 saturated carbocycles. The van der Waals surface area contributed by atoms with Crippen molar-refractivity contribution in [2.24, 2.45) is 5.73 Å². The third-order valence-corrected chi connectivity index (χ3v) is 3.30. The third-order valence-electron chi connectivity index (χ3n) is 2.34. The van der Waals surface area contributed by atoms with Gasteiger partial charge in [-0.3, -0.25) is 4.79 Å². The molecule has 2 unspecified atom stereocenters. The van der Waals surface area contributed by atoms with E-state index in [0.29, 0.717) is 6.42 Å². The van der Waals surface area contributed by atoms with Crippen LogP contribution in [0.4, 0.5) is 0 Å². The number of methoxy groups -OCH3 is 1. The summed E-state index contributed by atoms with van der Waals surface area (Å²) in [5.74, 6) is -0.830. The zero-order chi connectivity index (χ0) is 12.8. The minimum Gasteiger partial charge on any atom is -0.467 e. The second kappa shape index (κ2) is 6.36. The molecule has 1 amide bonds. The maximum atomic E-state index is 11.8. The number of ether oxygens (including phenoxy) is 1. The molecule has 0 aromatic carbocycles. The van der Waals surface area contributed by atoms with E-state index in [0.717, 1.165) is 4.88 Å². The number of esters is 1. The van der Waals surface area contributed by atoms with E-state index < -0.39 is 18.1 Å². The molecule has 1 aromatic heterocycles. The fourth-order valence-electron chi connectivity index (χ4n) is 1.33. The van der Waals surface area contributed by atoms with E-state index >= 15 is 0 Å². The summed E-state index contributed by atoms with van der Waals surface area (Å²) in [7, 11) is 1.29. The Morgan fingerprint density at radius 1 is 1.59 bits per heavy atom. The van der Waals surface area contributed by atoms with Gasteiger partial charge in [0, 0.05) is 4.88 Å². The molecule has 1 heterocycles. The molecule has 0 aliphatic carbocycles. The van der Waals surface area contributed by atoms with Crippen LogP contribution in [0.5, 0.6) is 0 Å². The highest BCUT2D eigenvalue weighted by Crippen LogP contribution is 2.16. The summed E-state index contributed by atoms with van der Waals surface area (Å²) < 4.78 is 4.58. The average molecular weight is 256 g/mol. The van der Waals surface area contributed by atoms with E-state index in [-0.39, 0.29) is 5.91 Å². The van der Waals surface area contributed by atoms with Crippen molar-refractivity contribution < 1.29 is 14.3 Å². The number of hydrogen-bond donors (Lipinski definition) is 2. The second-order valence-corrected chi connectivity index (χ2v) is 4.46. The number of carbonyl (C=O) groups excluding carboxylic acids is 2. The molecule has 17 heavy (non-hydrogen) atoms. The minimum atomic E-state index is -0.742. The summed E-state index contributed by atoms with van der Waals surface area (Å²) >= 11 is 1.41. The maximum Gasteiger partial charge on any atom is 0.328 e. The van der Waals surface area contributed by atoms with E-state index in [1.165, 1.54) is 18.4 Å². The lowest BCUT2D eigenvalue weighted by Gasteiger charge is -2.17. The Morgan fingerprint density at radius 2 is 2.29 bits per heavy atom. The second-order valence-electron chi connectivity index (χ2n) is 3.49. The van der Waals surface area contributed by atoms with Crippen LogP contribution in [0.2, 0.25) is 0 Å². The van der Waals surface area contributed by atoms with Crippen LogP contribution in [0.1, 0.15) is 24.3 Å². The molecule has 6 heteroatoms. The Labute approximate surface area is 104 Å². The van der Waals surface area contributed by atoms with Gasteiger partial charge in [-0.2, -0.15) is 0 Å². The van der Waals surface area contributed by atoms with Crippen LogP contribution in [0.25, 0.3) is 0 Å². The Morgan fingerprint density at radius 3 is 2.76 bits per heavy atom. The van der Waals surface area contributed by atoms with Crippen molar-refractivity contribution in [3.63, 3.8) is 0 Å². The first-order valence-corrected chi connectivity index (χ1v) is 6.15. The van der Waals surface area contributed by atoms with Crippen LogP contribution in [0.3, 0.4) is 0 Å². The number of amides is 1. The first-order valence-electron chi connectivity index (χ1n) is 5.27. The lowest BCUT2D eigenvalue weighted by molar-refractivity contribution is -0.145. The molecule has 0 aliphatic heterocycles. The van der Waals surface area contributed by atoms with Gasteiger partial charge in [0.25, 0.3) is 0 Å². The minimum absolute atomic E-state index is 0.371. The van der Waals surface area contributed by atoms with Gasteiger partial charge < -0.3 is 15.8 Å². The highest BCUT2D eigenvalue weighted by molar-refractivity contribution is 7.10. The average Bonchev–Trinajstić information content (AvgIpc) is 2.87. The number of nitrogens with two attached hydrogens (primary N) is 1. The number of carbonyl (C=O) groups is 2. The van der Waals surface area contributed by atoms with Crippen molar-refractivity contribution in [3.8, 4) is 0 Å². The lowest BCUT2D eigenvalue weighted by atomic mass is 10.2. The van der Waals surface area contributed by atoms with E-state index in [1.807, 2.05) is 11.4 Å². The van der Waals surface area contributed by atoms with E-state index in [4.69, 9.17) is 5.73 Å². The molecular weight excluding hydrogens is 240 g/mol. The van der Waals surface area contributed by atoms with Gasteiger partial charge in [0.15, 0.2) is 0 Å². The maximum absolute atomic E-state index is 11.8. The van der Waals surface area contributed by atoms with E-state index in [2.05, 4.69) is 10.1 Å². The van der Waals surface area contributed by atoms with Crippen LogP contribution < -0.4 is 11.1 Å². The molecule has 94 valence electrons. The first kappa shape index (κ1) is 13.7. The topological polar surface area (TPSA) is 81.4 Å². The quantitative estimate of drug-likeness (QED) is 0.764. The predicted octanol–water partition coefficient (Wildman–Crippen LogP) is 0.816. The first-order chi connectivity index (χ1) is 8.10. The summed E-state index contributed by atoms with van der Waals surface area (Å²) in [4.78, 5) is 23.9. The van der Waals surface area contributed by atoms with E-state index in [1.54, 1.807) is 13.0 Å². The highest BCUT2D eigenvalue weighted by atomic mass is 32.1. The number of thiophene rings is 1. The molecule has 0 radical (unpaired) electrons. The van der Waals surface area contributed by atoms with Crippen molar-refractivity contribution in [1.29, 1.82) is 0 Å². The molecule has 0 spiro atoms. The zero-order valence-corrected chi connectivity index (χ0v) is 10.6. The molecule has 1 rings (SSSR count). The van der Waals surface area contributed by atoms with Crippen LogP contribution in [-0.2, 0) is 14.3 Å². The molecule has 3 N–H and O–H groups in total. The van der Waals surface area contributed by atoms with Gasteiger partial charge in [-0.05, 0) is 17.9 Å². The van der Waals surface area contributed by atoms with Gasteiger partial charge in [0.2, 0.25) is 5.91 Å². The fourth-order valence-corrected chi connectivity index (χ4v) is 2.05. The molecule has 0 saturated heterocycles. The summed E-state index contributed by atoms with van der Waals surface area (Å²) in [5.41, 5.74) is 5.77. The summed E-state index contributed by atoms with van der Waals surface area (Å²) in [6.07, 6.45) is 0.468. The SMILES string of the molecule is CCC(NC(=O)C(N)c1cccs1)C(=O)OC. The number of hydrogen-bond acceptors (Lipinski definition) is 5. The molecule has 0 bridgehead atoms. The highest BCUT2D eigenvalue weighted by Gasteiger charge is 2.23. The van der Waals surface area contributed by atoms with Gasteiger partial charge in [-0.25, -0.2) is 4.79 Å². The van der Waals surface area contributed by atoms with E-state index in [9.17, 15) is 9.59 Å². The molecular formula is C11H16N2O3S. The van der Waals surface area contributed by atoms with Crippen LogP contribution in [0.15, 0.2) is 17.5 Å². The molecule has 1 aromatic rings. The van der Waals surface area contributed by atoms with Crippen molar-refractivity contribution in [2.45, 2.75) is 25.4 Å². The van der Waals surface area contributed by atoms with Crippen molar-refractivity contribution in [2.75, 3.05) is 7.11 Å². The van der Waals surface area contributed by atoms with Crippen molar-refractivity contribution in [1.82, 2.24) is 5.32 Å². The molecule has 2 atom stereocenters. The van der Waals surface area contributed by atoms with Crippen LogP contribution in [-0.4, -0.2) is 25.0 Å². The molecule has 0 fully saturated rings. The van der Waals surface area contributed by atoms with Gasteiger partial charge >= 0.3 is 5.97 Å². The Hall–Kier alpha value is -1.40. The zero-order valence-electron chi connectivity index (χ0n) is 9.80. The van der Waals surface area contributed by atoms with Gasteiger partial charge in [0.1, 0.15) is 12.1 Å². The normalized spacial score (nSPS) is 13.8. The fraction of sp³-hybridized carbons (Fsp3) is 0.455. The Bertz CT molecular complexity index is 378. The van der Waals surface area contributed by atoms with Gasteiger partial charge in [0.05, 0.1) is 7.11 Å². The third kappa shape index (κ3) is 3.54. The van der Waals surface area contributed by atoms with Crippen molar-refractivity contribution >= 4 is 23.2 Å². The summed E-state index contributed by atoms with van der Waals surface area (Å²) in [5, 5.41) is 4.42. The smallest absolute Gasteiger partial charge is 0.328 e. The molecule has 5 nitrogen and oxygen atoms in total. The van der Waals surface area contributed by atoms with Crippen LogP contribution in [0, 0.1) is 0 Å². The van der Waals surface area contributed by atoms with Crippen LogP contribution >= 0.6 is 11.3 Å². The number of rotatable bonds is 5. The Kier molecular flexibility index (Phi) is 5.11. The standard InChI is InChI=1S/C11H16N2O3S/c1-3-7(11(15)16-2)13-10(14)9(12)8-5-4-6-17-8/h4-7,9H,3,12H2,1-2H3,(H,13,14). The Balaban J connectivity index is 2.62. The monoisotopic (exact) mass is 256 g/mol. The summed E-state index contributed by atoms with van der Waals surface area (Å²) in [6.45, 7) is 1.79. The van der Waals surface area contributed by atoms with Gasteiger partial charge in [-0.1, -0.05) is 13.0 Å². The lowest BCUT2D eigenvalue weighted by Crippen LogP contribution is -2.44. The van der Waals surface area contributed by atoms with Gasteiger partial charge in [-0.15, -0.1) is 11.3 Å². The molecule has 0 aliphatic rings. The predicted molar refractivity (Wildman–Crippen MR) is 65.5 cm³/mol. The van der Waals surface area contributed by atoms with Crippen molar-refractivity contribution in [3.05, 3.63) is 22.4 Å².